The predicted molar refractivity (Wildman–Crippen MR) is 148 cm³/mol. The molecule has 2 fully saturated rings. The second-order valence-corrected chi connectivity index (χ2v) is 9.63. The Morgan fingerprint density at radius 2 is 1.78 bits per heavy atom. The number of rotatable bonds is 9. The van der Waals surface area contributed by atoms with Gasteiger partial charge in [0.2, 0.25) is 0 Å². The second kappa shape index (κ2) is 12.7. The number of hydrogen-bond acceptors (Lipinski definition) is 8. The van der Waals surface area contributed by atoms with Crippen LogP contribution >= 0.6 is 11.8 Å². The Hall–Kier alpha value is -3.46. The summed E-state index contributed by atoms with van der Waals surface area (Å²) >= 11 is 1.36. The van der Waals surface area contributed by atoms with Gasteiger partial charge in [0.1, 0.15) is 0 Å². The molecule has 2 saturated heterocycles. The summed E-state index contributed by atoms with van der Waals surface area (Å²) in [7, 11) is 1.31. The third kappa shape index (κ3) is 6.65. The van der Waals surface area contributed by atoms with Crippen LogP contribution in [0.3, 0.4) is 0 Å². The first kappa shape index (κ1) is 26.6. The van der Waals surface area contributed by atoms with E-state index >= 15 is 0 Å². The highest BCUT2D eigenvalue weighted by Gasteiger charge is 2.32. The molecule has 2 aliphatic rings. The van der Waals surface area contributed by atoms with Crippen molar-refractivity contribution in [1.82, 2.24) is 4.90 Å². The molecule has 2 heterocycles. The first-order valence-electron chi connectivity index (χ1n) is 12.6. The third-order valence-corrected chi connectivity index (χ3v) is 7.15. The molecule has 37 heavy (non-hydrogen) atoms. The van der Waals surface area contributed by atoms with Crippen molar-refractivity contribution in [2.24, 2.45) is 4.99 Å². The molecule has 0 unspecified atom stereocenters. The molecule has 0 atom stereocenters. The van der Waals surface area contributed by atoms with Gasteiger partial charge in [-0.15, -0.1) is 0 Å². The summed E-state index contributed by atoms with van der Waals surface area (Å²) in [4.78, 5) is 34.0. The molecule has 0 spiro atoms. The quantitative estimate of drug-likeness (QED) is 0.328. The van der Waals surface area contributed by atoms with Crippen molar-refractivity contribution in [2.45, 2.75) is 33.1 Å². The number of aliphatic imine (C=N–C) groups is 1. The van der Waals surface area contributed by atoms with E-state index in [2.05, 4.69) is 21.8 Å². The van der Waals surface area contributed by atoms with E-state index in [1.807, 2.05) is 38.1 Å². The Balaban J connectivity index is 1.52. The van der Waals surface area contributed by atoms with Crippen LogP contribution in [0.25, 0.3) is 6.08 Å². The van der Waals surface area contributed by atoms with Gasteiger partial charge in [0.25, 0.3) is 5.91 Å². The lowest BCUT2D eigenvalue weighted by atomic mass is 10.1. The fraction of sp³-hybridized carbons (Fsp3) is 0.393. The van der Waals surface area contributed by atoms with Gasteiger partial charge in [-0.1, -0.05) is 6.07 Å². The van der Waals surface area contributed by atoms with Gasteiger partial charge in [0, 0.05) is 25.3 Å². The van der Waals surface area contributed by atoms with Gasteiger partial charge in [0.15, 0.2) is 23.3 Å². The van der Waals surface area contributed by atoms with Crippen LogP contribution in [-0.2, 0) is 14.3 Å². The number of anilines is 1. The average molecular weight is 524 g/mol. The topological polar surface area (TPSA) is 80.7 Å². The molecule has 2 aromatic carbocycles. The molecule has 4 rings (SSSR count). The number of likely N-dealkylation sites (N-methyl/N-ethyl adjacent to an activating group) is 1. The number of esters is 1. The first-order chi connectivity index (χ1) is 18.0. The van der Waals surface area contributed by atoms with E-state index in [0.29, 0.717) is 34.7 Å². The number of nitrogens with zero attached hydrogens (tertiary/aromatic N) is 3. The van der Waals surface area contributed by atoms with E-state index in [4.69, 9.17) is 14.5 Å². The lowest BCUT2D eigenvalue weighted by Crippen LogP contribution is -2.29. The lowest BCUT2D eigenvalue weighted by molar-refractivity contribution is -0.142. The minimum absolute atomic E-state index is 0.0832. The molecule has 0 bridgehead atoms. The zero-order valence-electron chi connectivity index (χ0n) is 21.6. The molecular formula is C28H33N3O5S. The summed E-state index contributed by atoms with van der Waals surface area (Å²) < 4.78 is 15.9. The number of carbonyl (C=O) groups is 2. The number of carbonyl (C=O) groups excluding carboxylic acids is 2. The number of methoxy groups -OCH3 is 1. The molecule has 2 aliphatic heterocycles. The van der Waals surface area contributed by atoms with Crippen molar-refractivity contribution in [3.63, 3.8) is 0 Å². The predicted octanol–water partition coefficient (Wildman–Crippen LogP) is 5.25. The standard InChI is InChI=1S/C28H33N3O5S/c1-4-31-27(33)25(18-20-9-14-23(24(17-20)35-5-2)36-19-26(32)34-3)37-28(31)29-21-10-12-22(13-11-21)30-15-7-6-8-16-30/h9-14,17-18H,4-8,15-16,19H2,1-3H3/b25-18-,29-28?. The van der Waals surface area contributed by atoms with E-state index in [1.165, 1.54) is 43.8 Å². The maximum Gasteiger partial charge on any atom is 0.343 e. The molecule has 2 aromatic rings. The summed E-state index contributed by atoms with van der Waals surface area (Å²) in [5, 5.41) is 0.660. The second-order valence-electron chi connectivity index (χ2n) is 8.62. The lowest BCUT2D eigenvalue weighted by Gasteiger charge is -2.28. The molecule has 0 saturated carbocycles. The fourth-order valence-electron chi connectivity index (χ4n) is 4.22. The summed E-state index contributed by atoms with van der Waals surface area (Å²) in [5.74, 6) is 0.367. The number of piperidine rings is 1. The van der Waals surface area contributed by atoms with Crippen molar-refractivity contribution in [2.75, 3.05) is 44.9 Å². The summed E-state index contributed by atoms with van der Waals surface area (Å²) in [6, 6.07) is 13.6. The van der Waals surface area contributed by atoms with Crippen LogP contribution < -0.4 is 14.4 Å². The number of ether oxygens (including phenoxy) is 3. The number of hydrogen-bond donors (Lipinski definition) is 0. The van der Waals surface area contributed by atoms with E-state index in [9.17, 15) is 9.59 Å². The summed E-state index contributed by atoms with van der Waals surface area (Å²) in [6.07, 6.45) is 5.60. The first-order valence-corrected chi connectivity index (χ1v) is 13.5. The Bertz CT molecular complexity index is 1170. The van der Waals surface area contributed by atoms with Crippen LogP contribution in [0.15, 0.2) is 52.4 Å². The highest BCUT2D eigenvalue weighted by Crippen LogP contribution is 2.36. The van der Waals surface area contributed by atoms with Gasteiger partial charge in [-0.3, -0.25) is 9.69 Å². The third-order valence-electron chi connectivity index (χ3n) is 6.14. The van der Waals surface area contributed by atoms with Crippen LogP contribution in [0.5, 0.6) is 11.5 Å². The highest BCUT2D eigenvalue weighted by molar-refractivity contribution is 8.18. The van der Waals surface area contributed by atoms with Gasteiger partial charge in [-0.05, 0) is 92.9 Å². The van der Waals surface area contributed by atoms with Crippen molar-refractivity contribution in [1.29, 1.82) is 0 Å². The van der Waals surface area contributed by atoms with Gasteiger partial charge in [0.05, 0.1) is 24.3 Å². The molecule has 196 valence electrons. The van der Waals surface area contributed by atoms with Gasteiger partial charge in [-0.25, -0.2) is 9.79 Å². The fourth-order valence-corrected chi connectivity index (χ4v) is 5.28. The maximum absolute atomic E-state index is 13.1. The molecule has 9 heteroatoms. The largest absolute Gasteiger partial charge is 0.490 e. The van der Waals surface area contributed by atoms with Crippen molar-refractivity contribution < 1.29 is 23.8 Å². The van der Waals surface area contributed by atoms with Crippen LogP contribution in [0.1, 0.15) is 38.7 Å². The van der Waals surface area contributed by atoms with Crippen molar-refractivity contribution in [3.05, 3.63) is 52.9 Å². The van der Waals surface area contributed by atoms with E-state index in [0.717, 1.165) is 24.3 Å². The Morgan fingerprint density at radius 1 is 1.03 bits per heavy atom. The van der Waals surface area contributed by atoms with Crippen molar-refractivity contribution >= 4 is 46.3 Å². The summed E-state index contributed by atoms with van der Waals surface area (Å²) in [6.45, 7) is 6.75. The number of benzene rings is 2. The molecule has 0 radical (unpaired) electrons. The van der Waals surface area contributed by atoms with E-state index < -0.39 is 5.97 Å². The van der Waals surface area contributed by atoms with Gasteiger partial charge in [-0.2, -0.15) is 0 Å². The Morgan fingerprint density at radius 3 is 2.46 bits per heavy atom. The summed E-state index contributed by atoms with van der Waals surface area (Å²) in [5.41, 5.74) is 2.82. The molecule has 8 nitrogen and oxygen atoms in total. The number of amides is 1. The normalized spacial score (nSPS) is 18.0. The van der Waals surface area contributed by atoms with E-state index in [1.54, 1.807) is 17.0 Å². The van der Waals surface area contributed by atoms with Gasteiger partial charge < -0.3 is 19.1 Å². The number of amidine groups is 1. The minimum Gasteiger partial charge on any atom is -0.490 e. The van der Waals surface area contributed by atoms with Crippen LogP contribution in [0, 0.1) is 0 Å². The smallest absolute Gasteiger partial charge is 0.343 e. The molecule has 0 aliphatic carbocycles. The van der Waals surface area contributed by atoms with Crippen LogP contribution in [0.2, 0.25) is 0 Å². The Kier molecular flexibility index (Phi) is 9.11. The number of thioether (sulfide) groups is 1. The van der Waals surface area contributed by atoms with Gasteiger partial charge >= 0.3 is 5.97 Å². The molecular weight excluding hydrogens is 490 g/mol. The van der Waals surface area contributed by atoms with Crippen molar-refractivity contribution in [3.8, 4) is 11.5 Å². The molecule has 0 N–H and O–H groups in total. The zero-order valence-corrected chi connectivity index (χ0v) is 22.4. The highest BCUT2D eigenvalue weighted by atomic mass is 32.2. The minimum atomic E-state index is -0.478. The molecule has 0 aromatic heterocycles. The monoisotopic (exact) mass is 523 g/mol. The SMILES string of the molecule is CCOc1cc(/C=C2\SC(=Nc3ccc(N4CCCCC4)cc3)N(CC)C2=O)ccc1OCC(=O)OC. The average Bonchev–Trinajstić information content (AvgIpc) is 3.22. The maximum atomic E-state index is 13.1. The van der Waals surface area contributed by atoms with Crippen LogP contribution in [-0.4, -0.2) is 61.9 Å². The Labute approximate surface area is 222 Å². The zero-order chi connectivity index (χ0) is 26.2. The van der Waals surface area contributed by atoms with Crippen LogP contribution in [0.4, 0.5) is 11.4 Å². The molecule has 1 amide bonds. The van der Waals surface area contributed by atoms with E-state index in [-0.39, 0.29) is 12.5 Å².